The van der Waals surface area contributed by atoms with Crippen molar-refractivity contribution < 1.29 is 4.79 Å². The minimum Gasteiger partial charge on any atom is -0.348 e. The second kappa shape index (κ2) is 6.21. The maximum Gasteiger partial charge on any atom is 0.251 e. The van der Waals surface area contributed by atoms with E-state index in [1.807, 2.05) is 6.07 Å². The van der Waals surface area contributed by atoms with Crippen molar-refractivity contribution in [1.29, 1.82) is 0 Å². The van der Waals surface area contributed by atoms with Crippen molar-refractivity contribution in [3.63, 3.8) is 0 Å². The maximum atomic E-state index is 13.0. The number of fused-ring (bicyclic) bond motifs is 5. The fraction of sp³-hybridized carbons (Fsp3) is 0.375. The first kappa shape index (κ1) is 16.4. The zero-order valence-electron chi connectivity index (χ0n) is 16.0. The minimum atomic E-state index is 0.0684. The number of carbonyl (C=O) groups is 1. The fourth-order valence-electron chi connectivity index (χ4n) is 5.50. The number of para-hydroxylation sites is 1. The summed E-state index contributed by atoms with van der Waals surface area (Å²) in [4.78, 5) is 17.9. The first-order valence-electron chi connectivity index (χ1n) is 10.5. The second-order valence-corrected chi connectivity index (χ2v) is 8.58. The van der Waals surface area contributed by atoms with Gasteiger partial charge in [-0.3, -0.25) is 4.79 Å². The van der Waals surface area contributed by atoms with Gasteiger partial charge in [-0.25, -0.2) is 0 Å². The van der Waals surface area contributed by atoms with Gasteiger partial charge in [-0.1, -0.05) is 30.4 Å². The van der Waals surface area contributed by atoms with Crippen LogP contribution in [-0.2, 0) is 6.42 Å². The van der Waals surface area contributed by atoms with Crippen LogP contribution in [-0.4, -0.2) is 43.0 Å². The Kier molecular flexibility index (Phi) is 3.63. The molecular formula is C24H25N3O. The number of benzene rings is 2. The van der Waals surface area contributed by atoms with Crippen LogP contribution in [0, 0.1) is 5.92 Å². The Balaban J connectivity index is 1.30. The molecule has 1 amide bonds. The minimum absolute atomic E-state index is 0.0684. The molecule has 142 valence electrons. The molecule has 0 spiro atoms. The SMILES string of the molecule is O=C(NC1CN2CCC1CC2)c1ccc2c(c1)C=Cc1cccc3c1N2CC3. The Morgan fingerprint density at radius 3 is 2.68 bits per heavy atom. The number of amides is 1. The lowest BCUT2D eigenvalue weighted by atomic mass is 9.84. The van der Waals surface area contributed by atoms with Crippen molar-refractivity contribution in [3.8, 4) is 0 Å². The van der Waals surface area contributed by atoms with Crippen molar-refractivity contribution >= 4 is 29.4 Å². The Labute approximate surface area is 165 Å². The highest BCUT2D eigenvalue weighted by Crippen LogP contribution is 2.42. The predicted molar refractivity (Wildman–Crippen MR) is 113 cm³/mol. The molecule has 2 bridgehead atoms. The monoisotopic (exact) mass is 371 g/mol. The summed E-state index contributed by atoms with van der Waals surface area (Å²) < 4.78 is 0. The van der Waals surface area contributed by atoms with Gasteiger partial charge in [-0.2, -0.15) is 0 Å². The van der Waals surface area contributed by atoms with Gasteiger partial charge in [-0.15, -0.1) is 0 Å². The van der Waals surface area contributed by atoms with Crippen LogP contribution in [0.3, 0.4) is 0 Å². The second-order valence-electron chi connectivity index (χ2n) is 8.58. The predicted octanol–water partition coefficient (Wildman–Crippen LogP) is 3.69. The van der Waals surface area contributed by atoms with E-state index in [0.717, 1.165) is 30.6 Å². The summed E-state index contributed by atoms with van der Waals surface area (Å²) in [6, 6.07) is 13.0. The van der Waals surface area contributed by atoms with Crippen molar-refractivity contribution in [3.05, 3.63) is 58.7 Å². The molecule has 0 saturated carbocycles. The molecule has 4 nitrogen and oxygen atoms in total. The molecule has 1 N–H and O–H groups in total. The fourth-order valence-corrected chi connectivity index (χ4v) is 5.50. The van der Waals surface area contributed by atoms with Crippen LogP contribution in [0.2, 0.25) is 0 Å². The number of hydrogen-bond acceptors (Lipinski definition) is 3. The Morgan fingerprint density at radius 1 is 1.00 bits per heavy atom. The summed E-state index contributed by atoms with van der Waals surface area (Å²) in [7, 11) is 0. The highest BCUT2D eigenvalue weighted by molar-refractivity contribution is 5.98. The molecule has 0 aliphatic carbocycles. The zero-order valence-corrected chi connectivity index (χ0v) is 16.0. The zero-order chi connectivity index (χ0) is 18.7. The van der Waals surface area contributed by atoms with E-state index in [9.17, 15) is 4.79 Å². The third kappa shape index (κ3) is 2.51. The van der Waals surface area contributed by atoms with E-state index in [-0.39, 0.29) is 5.91 Å². The average molecular weight is 371 g/mol. The molecule has 1 atom stereocenters. The van der Waals surface area contributed by atoms with Crippen molar-refractivity contribution in [2.24, 2.45) is 5.92 Å². The van der Waals surface area contributed by atoms with E-state index < -0.39 is 0 Å². The highest BCUT2D eigenvalue weighted by atomic mass is 16.1. The number of rotatable bonds is 2. The van der Waals surface area contributed by atoms with Gasteiger partial charge >= 0.3 is 0 Å². The lowest BCUT2D eigenvalue weighted by Gasteiger charge is -2.44. The molecule has 5 aliphatic heterocycles. The summed E-state index contributed by atoms with van der Waals surface area (Å²) in [6.07, 6.45) is 7.87. The van der Waals surface area contributed by atoms with Crippen molar-refractivity contribution in [2.75, 3.05) is 31.1 Å². The van der Waals surface area contributed by atoms with Crippen LogP contribution in [0.25, 0.3) is 12.2 Å². The van der Waals surface area contributed by atoms with Gasteiger partial charge in [-0.05, 0) is 73.2 Å². The molecule has 5 heterocycles. The smallest absolute Gasteiger partial charge is 0.251 e. The van der Waals surface area contributed by atoms with Crippen LogP contribution in [0.5, 0.6) is 0 Å². The Morgan fingerprint density at radius 2 is 1.86 bits per heavy atom. The summed E-state index contributed by atoms with van der Waals surface area (Å²) in [6.45, 7) is 4.40. The molecule has 7 rings (SSSR count). The normalized spacial score (nSPS) is 26.6. The standard InChI is InChI=1S/C24H25N3O/c28-24(25-21-15-26-11-8-16(21)9-12-26)20-6-7-22-19(14-20)5-4-17-2-1-3-18-10-13-27(22)23(17)18/h1-7,14,16,21H,8-13,15H2,(H,25,28). The number of nitrogens with zero attached hydrogens (tertiary/aromatic N) is 2. The summed E-state index contributed by atoms with van der Waals surface area (Å²) >= 11 is 0. The van der Waals surface area contributed by atoms with Gasteiger partial charge in [0.1, 0.15) is 0 Å². The lowest BCUT2D eigenvalue weighted by Crippen LogP contribution is -2.57. The lowest BCUT2D eigenvalue weighted by molar-refractivity contribution is 0.0620. The quantitative estimate of drug-likeness (QED) is 0.875. The topological polar surface area (TPSA) is 35.6 Å². The van der Waals surface area contributed by atoms with Crippen LogP contribution in [0.4, 0.5) is 11.4 Å². The molecule has 0 aromatic heterocycles. The average Bonchev–Trinajstić information content (AvgIpc) is 3.10. The van der Waals surface area contributed by atoms with Crippen molar-refractivity contribution in [2.45, 2.75) is 25.3 Å². The van der Waals surface area contributed by atoms with Crippen LogP contribution in [0.1, 0.15) is 39.9 Å². The van der Waals surface area contributed by atoms with E-state index in [4.69, 9.17) is 0 Å². The van der Waals surface area contributed by atoms with Crippen molar-refractivity contribution in [1.82, 2.24) is 10.2 Å². The highest BCUT2D eigenvalue weighted by Gasteiger charge is 2.35. The van der Waals surface area contributed by atoms with Crippen LogP contribution >= 0.6 is 0 Å². The molecule has 4 heteroatoms. The van der Waals surface area contributed by atoms with Gasteiger partial charge in [0.05, 0.1) is 5.69 Å². The number of piperidine rings is 3. The van der Waals surface area contributed by atoms with E-state index in [0.29, 0.717) is 12.0 Å². The molecule has 3 saturated heterocycles. The molecule has 0 radical (unpaired) electrons. The van der Waals surface area contributed by atoms with E-state index >= 15 is 0 Å². The Hall–Kier alpha value is -2.59. The van der Waals surface area contributed by atoms with Gasteiger partial charge in [0, 0.05) is 30.4 Å². The number of nitrogens with one attached hydrogen (secondary N) is 1. The van der Waals surface area contributed by atoms with Gasteiger partial charge in [0.25, 0.3) is 5.91 Å². The summed E-state index contributed by atoms with van der Waals surface area (Å²) in [5, 5.41) is 3.32. The largest absolute Gasteiger partial charge is 0.348 e. The van der Waals surface area contributed by atoms with Crippen LogP contribution < -0.4 is 10.2 Å². The molecular weight excluding hydrogens is 346 g/mol. The number of carbonyl (C=O) groups excluding carboxylic acids is 1. The third-order valence-electron chi connectivity index (χ3n) is 7.02. The molecule has 28 heavy (non-hydrogen) atoms. The van der Waals surface area contributed by atoms with Gasteiger partial charge in [0.2, 0.25) is 0 Å². The van der Waals surface area contributed by atoms with E-state index in [2.05, 4.69) is 57.6 Å². The third-order valence-corrected chi connectivity index (χ3v) is 7.02. The summed E-state index contributed by atoms with van der Waals surface area (Å²) in [5.74, 6) is 0.714. The molecule has 2 aromatic rings. The van der Waals surface area contributed by atoms with E-state index in [1.165, 1.54) is 48.4 Å². The molecule has 2 aromatic carbocycles. The molecule has 5 aliphatic rings. The Bertz CT molecular complexity index is 987. The summed E-state index contributed by atoms with van der Waals surface area (Å²) in [5.41, 5.74) is 7.13. The maximum absolute atomic E-state index is 13.0. The van der Waals surface area contributed by atoms with Crippen LogP contribution in [0.15, 0.2) is 36.4 Å². The number of hydrogen-bond donors (Lipinski definition) is 1. The van der Waals surface area contributed by atoms with Gasteiger partial charge < -0.3 is 15.1 Å². The molecule has 3 fully saturated rings. The van der Waals surface area contributed by atoms with E-state index in [1.54, 1.807) is 0 Å². The van der Waals surface area contributed by atoms with Gasteiger partial charge in [0.15, 0.2) is 0 Å². The number of anilines is 2. The molecule has 1 unspecified atom stereocenters. The first-order chi connectivity index (χ1) is 13.8. The first-order valence-corrected chi connectivity index (χ1v) is 10.5.